The van der Waals surface area contributed by atoms with Crippen LogP contribution in [-0.2, 0) is 11.8 Å². The van der Waals surface area contributed by atoms with Gasteiger partial charge in [0.2, 0.25) is 0 Å². The molecule has 2 N–H and O–H groups in total. The molecule has 0 amide bonds. The summed E-state index contributed by atoms with van der Waals surface area (Å²) in [5, 5.41) is 3.58. The Balaban J connectivity index is 3.07. The van der Waals surface area contributed by atoms with Crippen molar-refractivity contribution >= 4 is 5.97 Å². The third-order valence-electron chi connectivity index (χ3n) is 1.98. The van der Waals surface area contributed by atoms with Gasteiger partial charge < -0.3 is 10.5 Å². The molecule has 0 aliphatic rings. The van der Waals surface area contributed by atoms with Crippen molar-refractivity contribution in [3.63, 3.8) is 0 Å². The molecule has 5 nitrogen and oxygen atoms in total. The summed E-state index contributed by atoms with van der Waals surface area (Å²) in [5.41, 5.74) is 4.48. The molecule has 0 radical (unpaired) electrons. The number of alkyl halides is 3. The number of nitrogens with two attached hydrogens (primary N) is 1. The summed E-state index contributed by atoms with van der Waals surface area (Å²) in [4.78, 5) is 11.0. The van der Waals surface area contributed by atoms with Gasteiger partial charge >= 0.3 is 12.1 Å². The first kappa shape index (κ1) is 12.5. The Morgan fingerprint density at radius 3 is 2.62 bits per heavy atom. The molecule has 8 heteroatoms. The fraction of sp³-hybridized carbons (Fsp3) is 0.500. The first-order valence-corrected chi connectivity index (χ1v) is 4.22. The Labute approximate surface area is 89.0 Å². The van der Waals surface area contributed by atoms with Crippen LogP contribution in [0.3, 0.4) is 0 Å². The van der Waals surface area contributed by atoms with E-state index in [0.717, 1.165) is 17.9 Å². The van der Waals surface area contributed by atoms with Gasteiger partial charge in [-0.3, -0.25) is 4.68 Å². The van der Waals surface area contributed by atoms with Crippen LogP contribution in [0.1, 0.15) is 22.2 Å². The van der Waals surface area contributed by atoms with Crippen molar-refractivity contribution in [1.29, 1.82) is 0 Å². The van der Waals surface area contributed by atoms with Crippen LogP contribution in [0.15, 0.2) is 6.07 Å². The minimum absolute atomic E-state index is 0.209. The molecule has 1 unspecified atom stereocenters. The molecule has 0 aromatic carbocycles. The Morgan fingerprint density at radius 2 is 2.19 bits per heavy atom. The van der Waals surface area contributed by atoms with Gasteiger partial charge in [-0.05, 0) is 6.07 Å². The van der Waals surface area contributed by atoms with E-state index >= 15 is 0 Å². The number of methoxy groups -OCH3 is 1. The smallest absolute Gasteiger partial charge is 0.409 e. The third-order valence-corrected chi connectivity index (χ3v) is 1.98. The predicted octanol–water partition coefficient (Wildman–Crippen LogP) is 0.769. The maximum absolute atomic E-state index is 12.3. The molecule has 90 valence electrons. The van der Waals surface area contributed by atoms with Gasteiger partial charge in [0.05, 0.1) is 12.8 Å². The van der Waals surface area contributed by atoms with Crippen molar-refractivity contribution in [3.8, 4) is 0 Å². The number of aryl methyl sites for hydroxylation is 1. The van der Waals surface area contributed by atoms with Gasteiger partial charge in [0.1, 0.15) is 6.04 Å². The van der Waals surface area contributed by atoms with Crippen molar-refractivity contribution in [1.82, 2.24) is 9.78 Å². The summed E-state index contributed by atoms with van der Waals surface area (Å²) in [6.07, 6.45) is -4.58. The molecule has 0 aliphatic heterocycles. The molecule has 0 saturated heterocycles. The van der Waals surface area contributed by atoms with Crippen LogP contribution in [0.4, 0.5) is 13.2 Å². The summed E-state index contributed by atoms with van der Waals surface area (Å²) in [7, 11) is 2.38. The van der Waals surface area contributed by atoms with Gasteiger partial charge in [0.15, 0.2) is 5.69 Å². The number of aromatic nitrogens is 2. The van der Waals surface area contributed by atoms with E-state index in [1.54, 1.807) is 0 Å². The molecule has 0 aliphatic carbocycles. The Morgan fingerprint density at radius 1 is 1.62 bits per heavy atom. The largest absolute Gasteiger partial charge is 0.464 e. The van der Waals surface area contributed by atoms with Crippen LogP contribution in [0.5, 0.6) is 0 Å². The van der Waals surface area contributed by atoms with Crippen molar-refractivity contribution < 1.29 is 22.7 Å². The summed E-state index contributed by atoms with van der Waals surface area (Å²) >= 11 is 0. The van der Waals surface area contributed by atoms with E-state index in [1.807, 2.05) is 0 Å². The van der Waals surface area contributed by atoms with Gasteiger partial charge in [-0.1, -0.05) is 0 Å². The van der Waals surface area contributed by atoms with Crippen LogP contribution < -0.4 is 5.73 Å². The number of nitrogens with zero attached hydrogens (tertiary/aromatic N) is 2. The van der Waals surface area contributed by atoms with E-state index < -0.39 is 18.2 Å². The van der Waals surface area contributed by atoms with Gasteiger partial charge in [-0.25, -0.2) is 4.79 Å². The molecule has 0 fully saturated rings. The van der Waals surface area contributed by atoms with Gasteiger partial charge in [0.25, 0.3) is 0 Å². The maximum Gasteiger partial charge on any atom is 0.409 e. The molecule has 1 heterocycles. The van der Waals surface area contributed by atoms with Crippen LogP contribution in [0.25, 0.3) is 0 Å². The van der Waals surface area contributed by atoms with Crippen molar-refractivity contribution in [2.75, 3.05) is 7.11 Å². The lowest BCUT2D eigenvalue weighted by Gasteiger charge is -2.15. The van der Waals surface area contributed by atoms with E-state index in [0.29, 0.717) is 0 Å². The average molecular weight is 237 g/mol. The number of rotatable bonds is 2. The number of esters is 1. The molecule has 1 atom stereocenters. The molecule has 1 aromatic heterocycles. The first-order valence-electron chi connectivity index (χ1n) is 4.22. The predicted molar refractivity (Wildman–Crippen MR) is 47.5 cm³/mol. The zero-order valence-corrected chi connectivity index (χ0v) is 8.58. The van der Waals surface area contributed by atoms with E-state index in [9.17, 15) is 18.0 Å². The highest BCUT2D eigenvalue weighted by atomic mass is 19.4. The van der Waals surface area contributed by atoms with Crippen molar-refractivity contribution in [2.45, 2.75) is 12.2 Å². The zero-order valence-electron chi connectivity index (χ0n) is 8.58. The second-order valence-electron chi connectivity index (χ2n) is 3.09. The Bertz CT molecular complexity index is 400. The molecule has 16 heavy (non-hydrogen) atoms. The Hall–Kier alpha value is -1.57. The molecular formula is C8H10F3N3O2. The van der Waals surface area contributed by atoms with Crippen LogP contribution >= 0.6 is 0 Å². The highest BCUT2D eigenvalue weighted by Crippen LogP contribution is 2.30. The molecule has 0 saturated carbocycles. The minimum Gasteiger partial charge on any atom is -0.464 e. The molecule has 1 rings (SSSR count). The van der Waals surface area contributed by atoms with Crippen molar-refractivity contribution in [2.24, 2.45) is 12.8 Å². The van der Waals surface area contributed by atoms with Gasteiger partial charge in [-0.2, -0.15) is 18.3 Å². The SMILES string of the molecule is COC(=O)c1cc(C(N)C(F)(F)F)n(C)n1. The zero-order chi connectivity index (χ0) is 12.5. The highest BCUT2D eigenvalue weighted by molar-refractivity contribution is 5.87. The maximum atomic E-state index is 12.3. The summed E-state index contributed by atoms with van der Waals surface area (Å²) in [6.45, 7) is 0. The fourth-order valence-corrected chi connectivity index (χ4v) is 1.14. The number of hydrogen-bond acceptors (Lipinski definition) is 4. The summed E-state index contributed by atoms with van der Waals surface area (Å²) < 4.78 is 42.2. The number of carbonyl (C=O) groups excluding carboxylic acids is 1. The molecule has 0 bridgehead atoms. The molecular weight excluding hydrogens is 227 g/mol. The lowest BCUT2D eigenvalue weighted by molar-refractivity contribution is -0.150. The monoisotopic (exact) mass is 237 g/mol. The normalized spacial score (nSPS) is 13.6. The molecule has 1 aromatic rings. The third kappa shape index (κ3) is 2.32. The number of hydrogen-bond donors (Lipinski definition) is 1. The lowest BCUT2D eigenvalue weighted by Crippen LogP contribution is -2.30. The highest BCUT2D eigenvalue weighted by Gasteiger charge is 2.40. The van der Waals surface area contributed by atoms with Crippen LogP contribution in [0.2, 0.25) is 0 Å². The average Bonchev–Trinajstić information content (AvgIpc) is 2.56. The number of halogens is 3. The lowest BCUT2D eigenvalue weighted by atomic mass is 10.2. The van der Waals surface area contributed by atoms with Crippen LogP contribution in [0, 0.1) is 0 Å². The standard InChI is InChI=1S/C8H10F3N3O2/c1-14-5(6(12)8(9,10)11)3-4(13-14)7(15)16-2/h3,6H,12H2,1-2H3. The van der Waals surface area contributed by atoms with E-state index in [-0.39, 0.29) is 11.4 Å². The fourth-order valence-electron chi connectivity index (χ4n) is 1.14. The Kier molecular flexibility index (Phi) is 3.22. The summed E-state index contributed by atoms with van der Waals surface area (Å²) in [5.74, 6) is -0.809. The molecule has 0 spiro atoms. The van der Waals surface area contributed by atoms with Gasteiger partial charge in [-0.15, -0.1) is 0 Å². The van der Waals surface area contributed by atoms with Gasteiger partial charge in [0, 0.05) is 7.05 Å². The quantitative estimate of drug-likeness (QED) is 0.771. The summed E-state index contributed by atoms with van der Waals surface area (Å²) in [6, 6.07) is -1.22. The van der Waals surface area contributed by atoms with Crippen LogP contribution in [-0.4, -0.2) is 29.0 Å². The minimum atomic E-state index is -4.58. The second-order valence-corrected chi connectivity index (χ2v) is 3.09. The van der Waals surface area contributed by atoms with Crippen molar-refractivity contribution in [3.05, 3.63) is 17.5 Å². The van der Waals surface area contributed by atoms with E-state index in [2.05, 4.69) is 9.84 Å². The number of carbonyl (C=O) groups is 1. The number of ether oxygens (including phenoxy) is 1. The van der Waals surface area contributed by atoms with E-state index in [1.165, 1.54) is 7.05 Å². The second kappa shape index (κ2) is 4.12. The topological polar surface area (TPSA) is 70.1 Å². The van der Waals surface area contributed by atoms with E-state index in [4.69, 9.17) is 5.73 Å². The first-order chi connectivity index (χ1) is 7.27.